The van der Waals surface area contributed by atoms with Crippen LogP contribution in [0.4, 0.5) is 0 Å². The summed E-state index contributed by atoms with van der Waals surface area (Å²) in [6, 6.07) is 0. The lowest BCUT2D eigenvalue weighted by molar-refractivity contribution is 0.319. The monoisotopic (exact) mass is 196 g/mol. The SMILES string of the molecule is Cc1cn2cc(/C(N)=N\O)sc2n1. The largest absolute Gasteiger partial charge is 0.409 e. The predicted octanol–water partition coefficient (Wildman–Crippen LogP) is 0.799. The van der Waals surface area contributed by atoms with Crippen LogP contribution in [-0.2, 0) is 0 Å². The van der Waals surface area contributed by atoms with E-state index in [1.54, 1.807) is 6.20 Å². The average Bonchev–Trinajstić information content (AvgIpc) is 2.59. The summed E-state index contributed by atoms with van der Waals surface area (Å²) in [6.45, 7) is 1.92. The van der Waals surface area contributed by atoms with Crippen LogP contribution in [0.1, 0.15) is 10.6 Å². The zero-order chi connectivity index (χ0) is 9.42. The second-order valence-electron chi connectivity index (χ2n) is 2.65. The third kappa shape index (κ3) is 1.25. The van der Waals surface area contributed by atoms with Gasteiger partial charge in [0.05, 0.1) is 10.6 Å². The van der Waals surface area contributed by atoms with Crippen LogP contribution < -0.4 is 5.73 Å². The number of amidine groups is 1. The number of thiazole rings is 1. The molecule has 0 aliphatic heterocycles. The number of aromatic nitrogens is 2. The fourth-order valence-electron chi connectivity index (χ4n) is 1.08. The molecule has 2 heterocycles. The first-order valence-electron chi connectivity index (χ1n) is 3.64. The molecule has 68 valence electrons. The van der Waals surface area contributed by atoms with Crippen molar-refractivity contribution in [2.24, 2.45) is 10.9 Å². The summed E-state index contributed by atoms with van der Waals surface area (Å²) in [5, 5.41) is 11.4. The van der Waals surface area contributed by atoms with Crippen molar-refractivity contribution in [2.45, 2.75) is 6.92 Å². The van der Waals surface area contributed by atoms with E-state index in [9.17, 15) is 0 Å². The zero-order valence-electron chi connectivity index (χ0n) is 6.93. The van der Waals surface area contributed by atoms with Crippen molar-refractivity contribution in [2.75, 3.05) is 0 Å². The van der Waals surface area contributed by atoms with Gasteiger partial charge in [0, 0.05) is 12.4 Å². The average molecular weight is 196 g/mol. The maximum Gasteiger partial charge on any atom is 0.194 e. The Kier molecular flexibility index (Phi) is 1.70. The first-order chi connectivity index (χ1) is 6.20. The molecule has 5 nitrogen and oxygen atoms in total. The Balaban J connectivity index is 2.57. The molecule has 6 heteroatoms. The number of nitrogens with zero attached hydrogens (tertiary/aromatic N) is 3. The van der Waals surface area contributed by atoms with Gasteiger partial charge in [0.25, 0.3) is 0 Å². The molecule has 3 N–H and O–H groups in total. The lowest BCUT2D eigenvalue weighted by atomic mass is 10.5. The molecule has 0 aliphatic carbocycles. The number of aryl methyl sites for hydroxylation is 1. The lowest BCUT2D eigenvalue weighted by Gasteiger charge is -1.87. The van der Waals surface area contributed by atoms with E-state index in [-0.39, 0.29) is 5.84 Å². The van der Waals surface area contributed by atoms with E-state index >= 15 is 0 Å². The van der Waals surface area contributed by atoms with Gasteiger partial charge in [-0.25, -0.2) is 4.98 Å². The topological polar surface area (TPSA) is 75.9 Å². The third-order valence-corrected chi connectivity index (χ3v) is 2.66. The van der Waals surface area contributed by atoms with E-state index in [2.05, 4.69) is 10.1 Å². The number of rotatable bonds is 1. The number of fused-ring (bicyclic) bond motifs is 1. The molecule has 0 radical (unpaired) electrons. The first-order valence-corrected chi connectivity index (χ1v) is 4.45. The van der Waals surface area contributed by atoms with Gasteiger partial charge in [0.15, 0.2) is 10.8 Å². The Bertz CT molecular complexity index is 438. The summed E-state index contributed by atoms with van der Waals surface area (Å²) in [5.41, 5.74) is 6.38. The summed E-state index contributed by atoms with van der Waals surface area (Å²) < 4.78 is 1.85. The molecule has 0 saturated heterocycles. The van der Waals surface area contributed by atoms with Crippen LogP contribution >= 0.6 is 11.3 Å². The number of oxime groups is 1. The quantitative estimate of drug-likeness (QED) is 0.306. The number of hydrogen-bond acceptors (Lipinski definition) is 4. The summed E-state index contributed by atoms with van der Waals surface area (Å²) in [4.78, 5) is 5.80. The van der Waals surface area contributed by atoms with Crippen LogP contribution in [0.5, 0.6) is 0 Å². The molecular weight excluding hydrogens is 188 g/mol. The van der Waals surface area contributed by atoms with Crippen molar-refractivity contribution in [3.63, 3.8) is 0 Å². The summed E-state index contributed by atoms with van der Waals surface area (Å²) in [7, 11) is 0. The maximum absolute atomic E-state index is 8.45. The minimum Gasteiger partial charge on any atom is -0.409 e. The predicted molar refractivity (Wildman–Crippen MR) is 50.3 cm³/mol. The number of nitrogens with two attached hydrogens (primary N) is 1. The van der Waals surface area contributed by atoms with Gasteiger partial charge in [-0.3, -0.25) is 4.40 Å². The molecule has 2 aromatic rings. The van der Waals surface area contributed by atoms with E-state index in [1.165, 1.54) is 11.3 Å². The molecule has 2 aromatic heterocycles. The van der Waals surface area contributed by atoms with Crippen molar-refractivity contribution in [3.05, 3.63) is 23.0 Å². The molecule has 0 unspecified atom stereocenters. The summed E-state index contributed by atoms with van der Waals surface area (Å²) >= 11 is 1.39. The van der Waals surface area contributed by atoms with Gasteiger partial charge in [0.2, 0.25) is 0 Å². The second-order valence-corrected chi connectivity index (χ2v) is 3.66. The highest BCUT2D eigenvalue weighted by atomic mass is 32.1. The summed E-state index contributed by atoms with van der Waals surface area (Å²) in [6.07, 6.45) is 3.68. The molecule has 13 heavy (non-hydrogen) atoms. The fraction of sp³-hybridized carbons (Fsp3) is 0.143. The van der Waals surface area contributed by atoms with Gasteiger partial charge in [-0.2, -0.15) is 0 Å². The maximum atomic E-state index is 8.45. The van der Waals surface area contributed by atoms with Crippen LogP contribution in [0.15, 0.2) is 17.5 Å². The minimum atomic E-state index is 0.119. The highest BCUT2D eigenvalue weighted by molar-refractivity contribution is 7.18. The van der Waals surface area contributed by atoms with Crippen LogP contribution in [0.3, 0.4) is 0 Å². The van der Waals surface area contributed by atoms with Crippen molar-refractivity contribution in [1.29, 1.82) is 0 Å². The smallest absolute Gasteiger partial charge is 0.194 e. The Hall–Kier alpha value is -1.56. The lowest BCUT2D eigenvalue weighted by Crippen LogP contribution is -2.10. The van der Waals surface area contributed by atoms with E-state index in [0.29, 0.717) is 4.88 Å². The molecule has 0 aromatic carbocycles. The van der Waals surface area contributed by atoms with Gasteiger partial charge >= 0.3 is 0 Å². The molecular formula is C7H8N4OS. The van der Waals surface area contributed by atoms with E-state index in [1.807, 2.05) is 17.5 Å². The van der Waals surface area contributed by atoms with Crippen LogP contribution in [-0.4, -0.2) is 20.4 Å². The highest BCUT2D eigenvalue weighted by Crippen LogP contribution is 2.17. The second kappa shape index (κ2) is 2.74. The van der Waals surface area contributed by atoms with Gasteiger partial charge in [0.1, 0.15) is 0 Å². The standard InChI is InChI=1S/C7H8N4OS/c1-4-2-11-3-5(6(8)10-12)13-7(11)9-4/h2-3,12H,1H3,(H2,8,10). The van der Waals surface area contributed by atoms with Crippen molar-refractivity contribution < 1.29 is 5.21 Å². The van der Waals surface area contributed by atoms with E-state index in [4.69, 9.17) is 10.9 Å². The molecule has 0 amide bonds. The molecule has 0 spiro atoms. The normalized spacial score (nSPS) is 12.5. The van der Waals surface area contributed by atoms with Crippen molar-refractivity contribution in [1.82, 2.24) is 9.38 Å². The minimum absolute atomic E-state index is 0.119. The van der Waals surface area contributed by atoms with Gasteiger partial charge in [-0.05, 0) is 6.92 Å². The third-order valence-electron chi connectivity index (χ3n) is 1.64. The van der Waals surface area contributed by atoms with E-state index < -0.39 is 0 Å². The molecule has 0 fully saturated rings. The number of hydrogen-bond donors (Lipinski definition) is 2. The molecule has 0 saturated carbocycles. The molecule has 0 bridgehead atoms. The zero-order valence-corrected chi connectivity index (χ0v) is 7.75. The van der Waals surface area contributed by atoms with Crippen LogP contribution in [0.25, 0.3) is 4.96 Å². The Morgan fingerprint density at radius 3 is 3.08 bits per heavy atom. The Morgan fingerprint density at radius 1 is 1.69 bits per heavy atom. The summed E-state index contributed by atoms with van der Waals surface area (Å²) in [5.74, 6) is 0.119. The molecule has 2 rings (SSSR count). The van der Waals surface area contributed by atoms with Gasteiger partial charge < -0.3 is 10.9 Å². The Morgan fingerprint density at radius 2 is 2.46 bits per heavy atom. The van der Waals surface area contributed by atoms with Gasteiger partial charge in [-0.1, -0.05) is 16.5 Å². The van der Waals surface area contributed by atoms with Crippen molar-refractivity contribution >= 4 is 22.1 Å². The van der Waals surface area contributed by atoms with E-state index in [0.717, 1.165) is 10.7 Å². The molecule has 0 aliphatic rings. The molecule has 0 atom stereocenters. The van der Waals surface area contributed by atoms with Crippen LogP contribution in [0, 0.1) is 6.92 Å². The van der Waals surface area contributed by atoms with Crippen LogP contribution in [0.2, 0.25) is 0 Å². The first kappa shape index (κ1) is 8.06. The Labute approximate surface area is 78.1 Å². The van der Waals surface area contributed by atoms with Crippen molar-refractivity contribution in [3.8, 4) is 0 Å². The fourth-order valence-corrected chi connectivity index (χ4v) is 1.99. The highest BCUT2D eigenvalue weighted by Gasteiger charge is 2.06. The number of imidazole rings is 1. The van der Waals surface area contributed by atoms with Gasteiger partial charge in [-0.15, -0.1) is 0 Å².